The Kier molecular flexibility index (Phi) is 5.26. The molecule has 0 nitrogen and oxygen atoms in total. The highest BCUT2D eigenvalue weighted by molar-refractivity contribution is 9.13. The lowest BCUT2D eigenvalue weighted by atomic mass is 9.99. The first-order chi connectivity index (χ1) is 5.46. The molecule has 4 unspecified atom stereocenters. The minimum atomic E-state index is 0.0359. The predicted molar refractivity (Wildman–Crippen MR) is 70.1 cm³/mol. The molecule has 1 fully saturated rings. The molecule has 0 amide bonds. The molecule has 0 aromatic heterocycles. The molecule has 0 aromatic rings. The van der Waals surface area contributed by atoms with Crippen molar-refractivity contribution in [2.45, 2.75) is 30.1 Å². The lowest BCUT2D eigenvalue weighted by Crippen LogP contribution is -2.51. The van der Waals surface area contributed by atoms with E-state index in [1.165, 1.54) is 0 Å². The van der Waals surface area contributed by atoms with Crippen LogP contribution < -0.4 is 0 Å². The summed E-state index contributed by atoms with van der Waals surface area (Å²) in [7, 11) is 0. The van der Waals surface area contributed by atoms with E-state index in [9.17, 15) is 0 Å². The minimum Gasteiger partial charge on any atom is -0.120 e. The molecule has 1 aliphatic rings. The average molecular weight is 469 g/mol. The second kappa shape index (κ2) is 5.02. The maximum Gasteiger partial charge on any atom is 0.0608 e. The number of alkyl halides is 6. The topological polar surface area (TPSA) is 0 Å². The zero-order valence-electron chi connectivity index (χ0n) is 5.73. The van der Waals surface area contributed by atoms with Crippen LogP contribution in [-0.4, -0.2) is 30.1 Å². The van der Waals surface area contributed by atoms with Crippen molar-refractivity contribution in [3.05, 3.63) is 0 Å². The van der Waals surface area contributed by atoms with Crippen molar-refractivity contribution in [1.29, 1.82) is 0 Å². The molecular weight excluding hydrogens is 463 g/mol. The molecule has 1 saturated carbocycles. The highest BCUT2D eigenvalue weighted by Crippen LogP contribution is 2.42. The Morgan fingerprint density at radius 2 is 0.750 bits per heavy atom. The number of hydrogen-bond donors (Lipinski definition) is 0. The van der Waals surface area contributed by atoms with E-state index in [0.29, 0.717) is 0 Å². The van der Waals surface area contributed by atoms with Gasteiger partial charge in [-0.3, -0.25) is 0 Å². The highest BCUT2D eigenvalue weighted by Gasteiger charge is 2.45. The standard InChI is InChI=1S/C6H6Br4Cl2/c7-1-2(8)6(12)4(10)3(9)5(1)11/h1-6H. The van der Waals surface area contributed by atoms with Gasteiger partial charge in [0.2, 0.25) is 0 Å². The third-order valence-corrected chi connectivity index (χ3v) is 10.1. The van der Waals surface area contributed by atoms with E-state index in [2.05, 4.69) is 63.7 Å². The third kappa shape index (κ3) is 2.35. The smallest absolute Gasteiger partial charge is 0.0608 e. The first-order valence-corrected chi connectivity index (χ1v) is 7.84. The molecule has 0 spiro atoms. The van der Waals surface area contributed by atoms with Gasteiger partial charge in [-0.25, -0.2) is 0 Å². The second-order valence-corrected chi connectivity index (χ2v) is 7.90. The molecule has 4 atom stereocenters. The fourth-order valence-corrected chi connectivity index (χ4v) is 5.83. The van der Waals surface area contributed by atoms with Gasteiger partial charge in [-0.05, 0) is 0 Å². The Balaban J connectivity index is 2.76. The van der Waals surface area contributed by atoms with Gasteiger partial charge in [-0.15, -0.1) is 23.2 Å². The van der Waals surface area contributed by atoms with Gasteiger partial charge in [0.25, 0.3) is 0 Å². The number of halogens is 6. The van der Waals surface area contributed by atoms with E-state index in [4.69, 9.17) is 23.2 Å². The number of hydrogen-bond acceptors (Lipinski definition) is 0. The van der Waals surface area contributed by atoms with Gasteiger partial charge in [0.1, 0.15) is 0 Å². The van der Waals surface area contributed by atoms with E-state index in [-0.39, 0.29) is 30.1 Å². The molecule has 0 heterocycles. The second-order valence-electron chi connectivity index (χ2n) is 2.67. The van der Waals surface area contributed by atoms with Gasteiger partial charge in [-0.2, -0.15) is 0 Å². The van der Waals surface area contributed by atoms with Crippen LogP contribution >= 0.6 is 86.9 Å². The SMILES string of the molecule is ClC1C(Br)C(Br)C(Cl)C(Br)C1Br. The summed E-state index contributed by atoms with van der Waals surface area (Å²) < 4.78 is 0. The summed E-state index contributed by atoms with van der Waals surface area (Å²) in [6.07, 6.45) is 0. The Labute approximate surface area is 116 Å². The van der Waals surface area contributed by atoms with E-state index in [1.54, 1.807) is 0 Å². The van der Waals surface area contributed by atoms with Crippen LogP contribution in [-0.2, 0) is 0 Å². The Morgan fingerprint density at radius 3 is 0.917 bits per heavy atom. The molecule has 72 valence electrons. The minimum absolute atomic E-state index is 0.0359. The summed E-state index contributed by atoms with van der Waals surface area (Å²) in [6.45, 7) is 0. The summed E-state index contributed by atoms with van der Waals surface area (Å²) in [5.74, 6) is 0. The summed E-state index contributed by atoms with van der Waals surface area (Å²) in [5.41, 5.74) is 0. The fraction of sp³-hybridized carbons (Fsp3) is 1.00. The van der Waals surface area contributed by atoms with Gasteiger partial charge in [0.05, 0.1) is 10.8 Å². The molecule has 0 bridgehead atoms. The molecule has 0 saturated heterocycles. The molecule has 6 heteroatoms. The van der Waals surface area contributed by atoms with Crippen LogP contribution in [0.2, 0.25) is 0 Å². The van der Waals surface area contributed by atoms with Gasteiger partial charge in [-0.1, -0.05) is 63.7 Å². The molecule has 0 radical (unpaired) electrons. The Bertz CT molecular complexity index is 109. The maximum atomic E-state index is 6.16. The van der Waals surface area contributed by atoms with Crippen molar-refractivity contribution in [1.82, 2.24) is 0 Å². The molecule has 0 aliphatic heterocycles. The molecule has 1 aliphatic carbocycles. The van der Waals surface area contributed by atoms with Crippen LogP contribution in [0.5, 0.6) is 0 Å². The van der Waals surface area contributed by atoms with E-state index >= 15 is 0 Å². The predicted octanol–water partition coefficient (Wildman–Crippen LogP) is 4.27. The van der Waals surface area contributed by atoms with Crippen molar-refractivity contribution >= 4 is 86.9 Å². The summed E-state index contributed by atoms with van der Waals surface area (Å²) in [6, 6.07) is 0. The molecule has 0 N–H and O–H groups in total. The van der Waals surface area contributed by atoms with Crippen molar-refractivity contribution in [3.8, 4) is 0 Å². The largest absolute Gasteiger partial charge is 0.120 e. The molecular formula is C6H6Br4Cl2. The van der Waals surface area contributed by atoms with Gasteiger partial charge < -0.3 is 0 Å². The van der Waals surface area contributed by atoms with Gasteiger partial charge in [0.15, 0.2) is 0 Å². The maximum absolute atomic E-state index is 6.16. The van der Waals surface area contributed by atoms with Crippen LogP contribution in [0.1, 0.15) is 0 Å². The van der Waals surface area contributed by atoms with Crippen molar-refractivity contribution < 1.29 is 0 Å². The quantitative estimate of drug-likeness (QED) is 0.466. The zero-order valence-corrected chi connectivity index (χ0v) is 13.6. The van der Waals surface area contributed by atoms with Crippen LogP contribution in [0.4, 0.5) is 0 Å². The fourth-order valence-electron chi connectivity index (χ4n) is 1.05. The van der Waals surface area contributed by atoms with Gasteiger partial charge >= 0.3 is 0 Å². The Hall–Kier alpha value is 2.50. The molecule has 1 rings (SSSR count). The third-order valence-electron chi connectivity index (χ3n) is 1.83. The lowest BCUT2D eigenvalue weighted by molar-refractivity contribution is 0.589. The highest BCUT2D eigenvalue weighted by atomic mass is 79.9. The van der Waals surface area contributed by atoms with Gasteiger partial charge in [0, 0.05) is 19.3 Å². The van der Waals surface area contributed by atoms with Crippen LogP contribution in [0.25, 0.3) is 0 Å². The van der Waals surface area contributed by atoms with Crippen LogP contribution in [0.15, 0.2) is 0 Å². The van der Waals surface area contributed by atoms with E-state index in [0.717, 1.165) is 0 Å². The summed E-state index contributed by atoms with van der Waals surface area (Å²) in [4.78, 5) is 0.777. The van der Waals surface area contributed by atoms with Crippen molar-refractivity contribution in [2.75, 3.05) is 0 Å². The van der Waals surface area contributed by atoms with Crippen LogP contribution in [0, 0.1) is 0 Å². The summed E-state index contributed by atoms with van der Waals surface area (Å²) >= 11 is 26.4. The normalized spacial score (nSPS) is 55.5. The average Bonchev–Trinajstić information content (AvgIpc) is 2.08. The van der Waals surface area contributed by atoms with E-state index < -0.39 is 0 Å². The zero-order chi connectivity index (χ0) is 9.46. The lowest BCUT2D eigenvalue weighted by Gasteiger charge is -2.38. The number of rotatable bonds is 0. The molecule has 0 aromatic carbocycles. The summed E-state index contributed by atoms with van der Waals surface area (Å²) in [5, 5.41) is 0.0718. The van der Waals surface area contributed by atoms with Crippen molar-refractivity contribution in [3.63, 3.8) is 0 Å². The Morgan fingerprint density at radius 1 is 0.583 bits per heavy atom. The van der Waals surface area contributed by atoms with Crippen molar-refractivity contribution in [2.24, 2.45) is 0 Å². The van der Waals surface area contributed by atoms with Crippen LogP contribution in [0.3, 0.4) is 0 Å². The molecule has 12 heavy (non-hydrogen) atoms. The van der Waals surface area contributed by atoms with E-state index in [1.807, 2.05) is 0 Å². The first-order valence-electron chi connectivity index (χ1n) is 3.31. The first kappa shape index (κ1) is 12.6. The monoisotopic (exact) mass is 464 g/mol.